The summed E-state index contributed by atoms with van der Waals surface area (Å²) in [6, 6.07) is 15.4. The minimum absolute atomic E-state index is 0.623. The van der Waals surface area contributed by atoms with E-state index in [2.05, 4.69) is 5.32 Å². The van der Waals surface area contributed by atoms with Crippen LogP contribution in [0.2, 0.25) is 5.02 Å². The lowest BCUT2D eigenvalue weighted by Gasteiger charge is -2.08. The predicted octanol–water partition coefficient (Wildman–Crippen LogP) is 3.52. The molecular formula is C16H18ClNO2. The summed E-state index contributed by atoms with van der Waals surface area (Å²) < 4.78 is 10.7. The fourth-order valence-electron chi connectivity index (χ4n) is 1.75. The minimum atomic E-state index is 0.623. The largest absolute Gasteiger partial charge is 0.497 e. The summed E-state index contributed by atoms with van der Waals surface area (Å²) >= 11 is 5.81. The number of methoxy groups -OCH3 is 1. The van der Waals surface area contributed by atoms with Crippen molar-refractivity contribution in [2.75, 3.05) is 20.3 Å². The standard InChI is InChI=1S/C16H18ClNO2/c1-19-15-6-2-13(3-7-15)12-18-10-11-20-16-8-4-14(17)5-9-16/h2-9,18H,10-12H2,1H3. The zero-order valence-corrected chi connectivity index (χ0v) is 12.2. The fraction of sp³-hybridized carbons (Fsp3) is 0.250. The Morgan fingerprint density at radius 1 is 0.950 bits per heavy atom. The Bertz CT molecular complexity index is 511. The minimum Gasteiger partial charge on any atom is -0.497 e. The lowest BCUT2D eigenvalue weighted by molar-refractivity contribution is 0.313. The van der Waals surface area contributed by atoms with Crippen LogP contribution in [0.1, 0.15) is 5.56 Å². The monoisotopic (exact) mass is 291 g/mol. The first-order valence-corrected chi connectivity index (χ1v) is 6.88. The van der Waals surface area contributed by atoms with Gasteiger partial charge in [0.15, 0.2) is 0 Å². The van der Waals surface area contributed by atoms with Gasteiger partial charge >= 0.3 is 0 Å². The van der Waals surface area contributed by atoms with Crippen LogP contribution >= 0.6 is 11.6 Å². The Morgan fingerprint density at radius 2 is 1.60 bits per heavy atom. The van der Waals surface area contributed by atoms with Gasteiger partial charge in [-0.2, -0.15) is 0 Å². The molecule has 20 heavy (non-hydrogen) atoms. The Kier molecular flexibility index (Phi) is 5.71. The number of benzene rings is 2. The van der Waals surface area contributed by atoms with Crippen molar-refractivity contribution in [3.8, 4) is 11.5 Å². The summed E-state index contributed by atoms with van der Waals surface area (Å²) in [5.41, 5.74) is 1.22. The highest BCUT2D eigenvalue weighted by Crippen LogP contribution is 2.15. The highest BCUT2D eigenvalue weighted by atomic mass is 35.5. The van der Waals surface area contributed by atoms with Gasteiger partial charge in [0.2, 0.25) is 0 Å². The van der Waals surface area contributed by atoms with Gasteiger partial charge in [0.25, 0.3) is 0 Å². The van der Waals surface area contributed by atoms with Crippen LogP contribution in [-0.2, 0) is 6.54 Å². The van der Waals surface area contributed by atoms with Crippen molar-refractivity contribution >= 4 is 11.6 Å². The van der Waals surface area contributed by atoms with Crippen LogP contribution < -0.4 is 14.8 Å². The Balaban J connectivity index is 1.64. The summed E-state index contributed by atoms with van der Waals surface area (Å²) in [5.74, 6) is 1.71. The van der Waals surface area contributed by atoms with E-state index >= 15 is 0 Å². The van der Waals surface area contributed by atoms with Crippen molar-refractivity contribution in [3.63, 3.8) is 0 Å². The molecule has 0 saturated heterocycles. The van der Waals surface area contributed by atoms with E-state index < -0.39 is 0 Å². The van der Waals surface area contributed by atoms with Gasteiger partial charge in [0.05, 0.1) is 7.11 Å². The molecule has 0 aliphatic rings. The predicted molar refractivity (Wildman–Crippen MR) is 81.6 cm³/mol. The summed E-state index contributed by atoms with van der Waals surface area (Å²) in [7, 11) is 1.67. The molecule has 0 fully saturated rings. The van der Waals surface area contributed by atoms with E-state index in [1.807, 2.05) is 48.5 Å². The normalized spacial score (nSPS) is 10.3. The molecule has 0 unspecified atom stereocenters. The van der Waals surface area contributed by atoms with Gasteiger partial charge in [0, 0.05) is 18.1 Å². The van der Waals surface area contributed by atoms with Gasteiger partial charge in [0.1, 0.15) is 18.1 Å². The Labute approximate surface area is 124 Å². The molecule has 0 spiro atoms. The van der Waals surface area contributed by atoms with Gasteiger partial charge in [-0.1, -0.05) is 23.7 Å². The Hall–Kier alpha value is -1.71. The highest BCUT2D eigenvalue weighted by molar-refractivity contribution is 6.30. The fourth-order valence-corrected chi connectivity index (χ4v) is 1.87. The number of halogens is 1. The van der Waals surface area contributed by atoms with Crippen LogP contribution in [0.25, 0.3) is 0 Å². The molecule has 0 atom stereocenters. The quantitative estimate of drug-likeness (QED) is 0.792. The summed E-state index contributed by atoms with van der Waals surface area (Å²) in [6.07, 6.45) is 0. The molecule has 0 radical (unpaired) electrons. The van der Waals surface area contributed by atoms with Crippen LogP contribution in [-0.4, -0.2) is 20.3 Å². The van der Waals surface area contributed by atoms with Crippen molar-refractivity contribution in [3.05, 3.63) is 59.1 Å². The maximum absolute atomic E-state index is 5.81. The second kappa shape index (κ2) is 7.78. The first-order chi connectivity index (χ1) is 9.78. The molecule has 0 bridgehead atoms. The molecule has 2 aromatic carbocycles. The number of rotatable bonds is 7. The highest BCUT2D eigenvalue weighted by Gasteiger charge is 1.96. The molecule has 1 N–H and O–H groups in total. The van der Waals surface area contributed by atoms with Gasteiger partial charge in [-0.25, -0.2) is 0 Å². The van der Waals surface area contributed by atoms with Crippen LogP contribution in [0.5, 0.6) is 11.5 Å². The van der Waals surface area contributed by atoms with E-state index in [1.54, 1.807) is 7.11 Å². The van der Waals surface area contributed by atoms with E-state index in [1.165, 1.54) is 5.56 Å². The van der Waals surface area contributed by atoms with Gasteiger partial charge in [-0.05, 0) is 42.0 Å². The Morgan fingerprint density at radius 3 is 2.25 bits per heavy atom. The molecule has 4 heteroatoms. The van der Waals surface area contributed by atoms with Crippen LogP contribution in [0.4, 0.5) is 0 Å². The maximum Gasteiger partial charge on any atom is 0.119 e. The van der Waals surface area contributed by atoms with Crippen LogP contribution in [0, 0.1) is 0 Å². The third-order valence-corrected chi connectivity index (χ3v) is 3.10. The third-order valence-electron chi connectivity index (χ3n) is 2.85. The van der Waals surface area contributed by atoms with E-state index in [0.29, 0.717) is 6.61 Å². The number of ether oxygens (including phenoxy) is 2. The molecule has 0 aliphatic heterocycles. The van der Waals surface area contributed by atoms with Crippen molar-refractivity contribution < 1.29 is 9.47 Å². The molecule has 106 valence electrons. The SMILES string of the molecule is COc1ccc(CNCCOc2ccc(Cl)cc2)cc1. The van der Waals surface area contributed by atoms with E-state index in [4.69, 9.17) is 21.1 Å². The second-order valence-electron chi connectivity index (χ2n) is 4.33. The first kappa shape index (κ1) is 14.7. The third kappa shape index (κ3) is 4.76. The summed E-state index contributed by atoms with van der Waals surface area (Å²) in [4.78, 5) is 0. The molecule has 0 aromatic heterocycles. The average Bonchev–Trinajstić information content (AvgIpc) is 2.49. The lowest BCUT2D eigenvalue weighted by atomic mass is 10.2. The van der Waals surface area contributed by atoms with Crippen molar-refractivity contribution in [2.45, 2.75) is 6.54 Å². The molecule has 2 rings (SSSR count). The molecule has 3 nitrogen and oxygen atoms in total. The van der Waals surface area contributed by atoms with Crippen LogP contribution in [0.15, 0.2) is 48.5 Å². The van der Waals surface area contributed by atoms with E-state index in [-0.39, 0.29) is 0 Å². The molecule has 2 aromatic rings. The average molecular weight is 292 g/mol. The summed E-state index contributed by atoms with van der Waals surface area (Å²) in [5, 5.41) is 4.05. The van der Waals surface area contributed by atoms with Gasteiger partial charge in [-0.3, -0.25) is 0 Å². The van der Waals surface area contributed by atoms with Crippen LogP contribution in [0.3, 0.4) is 0 Å². The number of hydrogen-bond donors (Lipinski definition) is 1. The molecule has 0 amide bonds. The number of nitrogens with one attached hydrogen (secondary N) is 1. The topological polar surface area (TPSA) is 30.5 Å². The van der Waals surface area contributed by atoms with Gasteiger partial charge in [-0.15, -0.1) is 0 Å². The lowest BCUT2D eigenvalue weighted by Crippen LogP contribution is -2.20. The molecule has 0 aliphatic carbocycles. The molecular weight excluding hydrogens is 274 g/mol. The van der Waals surface area contributed by atoms with Crippen molar-refractivity contribution in [1.82, 2.24) is 5.32 Å². The van der Waals surface area contributed by atoms with Crippen molar-refractivity contribution in [1.29, 1.82) is 0 Å². The van der Waals surface area contributed by atoms with E-state index in [0.717, 1.165) is 29.6 Å². The maximum atomic E-state index is 5.81. The van der Waals surface area contributed by atoms with Gasteiger partial charge < -0.3 is 14.8 Å². The van der Waals surface area contributed by atoms with Crippen molar-refractivity contribution in [2.24, 2.45) is 0 Å². The smallest absolute Gasteiger partial charge is 0.119 e. The molecule has 0 saturated carbocycles. The second-order valence-corrected chi connectivity index (χ2v) is 4.76. The van der Waals surface area contributed by atoms with E-state index in [9.17, 15) is 0 Å². The molecule has 0 heterocycles. The first-order valence-electron chi connectivity index (χ1n) is 6.50. The zero-order valence-electron chi connectivity index (χ0n) is 11.4. The summed E-state index contributed by atoms with van der Waals surface area (Å²) in [6.45, 7) is 2.22. The number of hydrogen-bond acceptors (Lipinski definition) is 3. The zero-order chi connectivity index (χ0) is 14.2.